The van der Waals surface area contributed by atoms with Crippen molar-refractivity contribution in [1.29, 1.82) is 5.41 Å². The van der Waals surface area contributed by atoms with Gasteiger partial charge in [-0.2, -0.15) is 0 Å². The predicted octanol–water partition coefficient (Wildman–Crippen LogP) is 4.82. The van der Waals surface area contributed by atoms with Gasteiger partial charge in [-0.25, -0.2) is 19.5 Å². The Kier molecular flexibility index (Phi) is 10.6. The predicted molar refractivity (Wildman–Crippen MR) is 160 cm³/mol. The molecule has 0 unspecified atom stereocenters. The summed E-state index contributed by atoms with van der Waals surface area (Å²) in [6.07, 6.45) is -0.541. The van der Waals surface area contributed by atoms with Crippen molar-refractivity contribution < 1.29 is 28.6 Å². The first-order valence-electron chi connectivity index (χ1n) is 13.8. The van der Waals surface area contributed by atoms with Crippen LogP contribution in [0.1, 0.15) is 30.7 Å². The van der Waals surface area contributed by atoms with E-state index in [1.807, 2.05) is 66.7 Å². The zero-order valence-corrected chi connectivity index (χ0v) is 23.4. The molecule has 1 heterocycles. The average Bonchev–Trinajstić information content (AvgIpc) is 3.46. The fraction of sp³-hybridized carbons (Fsp3) is 0.219. The summed E-state index contributed by atoms with van der Waals surface area (Å²) in [5, 5.41) is 19.9. The third kappa shape index (κ3) is 8.77. The molecule has 0 aliphatic rings. The number of rotatable bonds is 13. The Labute approximate surface area is 248 Å². The molecule has 1 aromatic heterocycles. The Hall–Kier alpha value is -5.45. The van der Waals surface area contributed by atoms with Gasteiger partial charge in [-0.15, -0.1) is 0 Å². The molecule has 11 heteroatoms. The van der Waals surface area contributed by atoms with Crippen LogP contribution in [0.5, 0.6) is 0 Å². The number of ether oxygens (including phenoxy) is 1. The van der Waals surface area contributed by atoms with Crippen LogP contribution in [-0.2, 0) is 27.4 Å². The van der Waals surface area contributed by atoms with Crippen LogP contribution in [0.2, 0.25) is 0 Å². The van der Waals surface area contributed by atoms with E-state index in [0.717, 1.165) is 21.6 Å². The highest BCUT2D eigenvalue weighted by molar-refractivity contribution is 5.91. The molecular weight excluding hydrogens is 550 g/mol. The number of hydrogen-bond acceptors (Lipinski definition) is 7. The van der Waals surface area contributed by atoms with Gasteiger partial charge in [-0.1, -0.05) is 91.0 Å². The molecule has 4 aromatic rings. The summed E-state index contributed by atoms with van der Waals surface area (Å²) in [6, 6.07) is 26.9. The van der Waals surface area contributed by atoms with E-state index in [9.17, 15) is 19.5 Å². The molecule has 5 N–H and O–H groups in total. The van der Waals surface area contributed by atoms with Crippen LogP contribution < -0.4 is 11.1 Å². The van der Waals surface area contributed by atoms with Gasteiger partial charge >= 0.3 is 12.1 Å². The van der Waals surface area contributed by atoms with Gasteiger partial charge in [0.15, 0.2) is 17.6 Å². The van der Waals surface area contributed by atoms with Crippen LogP contribution in [0, 0.1) is 5.41 Å². The van der Waals surface area contributed by atoms with E-state index in [4.69, 9.17) is 20.3 Å². The van der Waals surface area contributed by atoms with Crippen LogP contribution in [0.25, 0.3) is 22.6 Å². The first kappa shape index (κ1) is 30.5. The molecule has 43 heavy (non-hydrogen) atoms. The molecule has 0 bridgehead atoms. The van der Waals surface area contributed by atoms with E-state index < -0.39 is 30.0 Å². The van der Waals surface area contributed by atoms with Gasteiger partial charge in [0.1, 0.15) is 18.3 Å². The Bertz CT molecular complexity index is 1470. The summed E-state index contributed by atoms with van der Waals surface area (Å²) in [6.45, 7) is -0.0507. The second-order valence-corrected chi connectivity index (χ2v) is 9.70. The lowest BCUT2D eigenvalue weighted by atomic mass is 10.1. The quantitative estimate of drug-likeness (QED) is 0.128. The number of aromatic nitrogens is 1. The molecule has 0 fully saturated rings. The molecule has 0 radical (unpaired) electrons. The normalized spacial score (nSPS) is 11.3. The first-order chi connectivity index (χ1) is 20.8. The van der Waals surface area contributed by atoms with Gasteiger partial charge in [0, 0.05) is 30.5 Å². The minimum Gasteiger partial charge on any atom is -0.480 e. The molecular formula is C32H33N5O6. The van der Waals surface area contributed by atoms with Crippen molar-refractivity contribution in [2.45, 2.75) is 38.3 Å². The van der Waals surface area contributed by atoms with E-state index in [2.05, 4.69) is 10.3 Å². The Morgan fingerprint density at radius 3 is 2.16 bits per heavy atom. The highest BCUT2D eigenvalue weighted by atomic mass is 16.6. The van der Waals surface area contributed by atoms with Crippen molar-refractivity contribution in [2.24, 2.45) is 5.73 Å². The van der Waals surface area contributed by atoms with Crippen LogP contribution in [-0.4, -0.2) is 51.5 Å². The fourth-order valence-electron chi connectivity index (χ4n) is 4.35. The van der Waals surface area contributed by atoms with Gasteiger partial charge in [-0.3, -0.25) is 10.2 Å². The Morgan fingerprint density at radius 2 is 1.56 bits per heavy atom. The minimum absolute atomic E-state index is 0.00146. The lowest BCUT2D eigenvalue weighted by Crippen LogP contribution is -2.44. The van der Waals surface area contributed by atoms with Crippen molar-refractivity contribution in [3.8, 4) is 22.6 Å². The second kappa shape index (κ2) is 15.0. The van der Waals surface area contributed by atoms with Crippen LogP contribution in [0.15, 0.2) is 95.4 Å². The summed E-state index contributed by atoms with van der Waals surface area (Å²) in [7, 11) is 0. The van der Waals surface area contributed by atoms with Gasteiger partial charge in [0.2, 0.25) is 5.91 Å². The molecule has 4 rings (SSSR count). The van der Waals surface area contributed by atoms with Crippen LogP contribution in [0.4, 0.5) is 4.79 Å². The largest absolute Gasteiger partial charge is 0.480 e. The number of aliphatic carboxylic acids is 1. The maximum absolute atomic E-state index is 12.7. The maximum atomic E-state index is 12.7. The van der Waals surface area contributed by atoms with Crippen molar-refractivity contribution >= 4 is 23.9 Å². The molecule has 3 aromatic carbocycles. The number of hydrogen-bond donors (Lipinski definition) is 4. The van der Waals surface area contributed by atoms with Gasteiger partial charge in [0.25, 0.3) is 0 Å². The number of carbonyl (C=O) groups excluding carboxylic acids is 2. The van der Waals surface area contributed by atoms with E-state index in [1.165, 1.54) is 0 Å². The Morgan fingerprint density at radius 1 is 0.953 bits per heavy atom. The number of carboxylic acid groups (broad SMARTS) is 1. The van der Waals surface area contributed by atoms with E-state index in [-0.39, 0.29) is 38.8 Å². The number of oxazole rings is 1. The summed E-state index contributed by atoms with van der Waals surface area (Å²) in [5.41, 5.74) is 8.69. The molecule has 222 valence electrons. The fourth-order valence-corrected chi connectivity index (χ4v) is 4.35. The van der Waals surface area contributed by atoms with Crippen molar-refractivity contribution in [3.05, 3.63) is 102 Å². The molecule has 1 atom stereocenters. The minimum atomic E-state index is -1.22. The highest BCUT2D eigenvalue weighted by Gasteiger charge is 2.24. The topological polar surface area (TPSA) is 172 Å². The second-order valence-electron chi connectivity index (χ2n) is 9.70. The molecule has 11 nitrogen and oxygen atoms in total. The molecule has 0 spiro atoms. The van der Waals surface area contributed by atoms with E-state index in [1.54, 1.807) is 24.3 Å². The zero-order chi connectivity index (χ0) is 30.6. The van der Waals surface area contributed by atoms with Crippen molar-refractivity contribution in [3.63, 3.8) is 0 Å². The third-order valence-electron chi connectivity index (χ3n) is 6.54. The molecule has 0 saturated carbocycles. The smallest absolute Gasteiger partial charge is 0.416 e. The van der Waals surface area contributed by atoms with Gasteiger partial charge < -0.3 is 25.3 Å². The van der Waals surface area contributed by atoms with Crippen LogP contribution in [0.3, 0.4) is 0 Å². The van der Waals surface area contributed by atoms with Gasteiger partial charge in [-0.05, 0) is 18.4 Å². The van der Waals surface area contributed by atoms with Gasteiger partial charge in [0.05, 0.1) is 0 Å². The maximum Gasteiger partial charge on any atom is 0.416 e. The summed E-state index contributed by atoms with van der Waals surface area (Å²) >= 11 is 0. The SMILES string of the molecule is N=C(N)N(CCC[C@H](NC(=O)CCc1nc(-c2ccccc2)c(-c2ccccc2)o1)C(=O)O)C(=O)OCc1ccccc1. The summed E-state index contributed by atoms with van der Waals surface area (Å²) in [4.78, 5) is 42.6. The first-order valence-corrected chi connectivity index (χ1v) is 13.8. The van der Waals surface area contributed by atoms with Crippen molar-refractivity contribution in [2.75, 3.05) is 6.54 Å². The highest BCUT2D eigenvalue weighted by Crippen LogP contribution is 2.32. The number of guanidine groups is 1. The lowest BCUT2D eigenvalue weighted by molar-refractivity contribution is -0.142. The molecule has 2 amide bonds. The monoisotopic (exact) mass is 583 g/mol. The summed E-state index contributed by atoms with van der Waals surface area (Å²) < 4.78 is 11.3. The number of nitrogens with zero attached hydrogens (tertiary/aromatic N) is 2. The number of benzene rings is 3. The average molecular weight is 584 g/mol. The molecule has 0 aliphatic carbocycles. The number of aryl methyl sites for hydroxylation is 1. The number of nitrogens with one attached hydrogen (secondary N) is 2. The molecule has 0 aliphatic heterocycles. The number of carboxylic acids is 1. The molecule has 0 saturated heterocycles. The lowest BCUT2D eigenvalue weighted by Gasteiger charge is -2.21. The van der Waals surface area contributed by atoms with E-state index >= 15 is 0 Å². The third-order valence-corrected chi connectivity index (χ3v) is 6.54. The number of amides is 2. The Balaban J connectivity index is 1.31. The number of nitrogens with two attached hydrogens (primary N) is 1. The number of carbonyl (C=O) groups is 3. The summed E-state index contributed by atoms with van der Waals surface area (Å²) in [5.74, 6) is -1.29. The van der Waals surface area contributed by atoms with Crippen molar-refractivity contribution in [1.82, 2.24) is 15.2 Å². The van der Waals surface area contributed by atoms with E-state index in [0.29, 0.717) is 17.3 Å². The standard InChI is InChI=1S/C32H33N5O6/c33-31(34)37(32(41)42-21-22-11-4-1-5-12-22)20-10-17-25(30(39)40)35-26(38)18-19-27-36-28(23-13-6-2-7-14-23)29(43-27)24-15-8-3-9-16-24/h1-9,11-16,25H,10,17-21H2,(H3,33,34)(H,35,38)(H,39,40)/t25-/m0/s1. The zero-order valence-electron chi connectivity index (χ0n) is 23.4. The van der Waals surface area contributed by atoms with Crippen LogP contribution >= 0.6 is 0 Å².